The molecule has 0 radical (unpaired) electrons. The first-order valence-electron chi connectivity index (χ1n) is 9.73. The van der Waals surface area contributed by atoms with Crippen LogP contribution in [0.2, 0.25) is 5.02 Å². The van der Waals surface area contributed by atoms with Gasteiger partial charge in [-0.05, 0) is 35.7 Å². The summed E-state index contributed by atoms with van der Waals surface area (Å²) in [6, 6.07) is 17.9. The Morgan fingerprint density at radius 3 is 2.55 bits per heavy atom. The maximum atomic E-state index is 12.8. The van der Waals surface area contributed by atoms with E-state index in [9.17, 15) is 13.2 Å². The minimum atomic E-state index is -3.62. The van der Waals surface area contributed by atoms with E-state index in [0.29, 0.717) is 37.0 Å². The van der Waals surface area contributed by atoms with Crippen molar-refractivity contribution in [2.24, 2.45) is 0 Å². The minimum absolute atomic E-state index is 0.153. The molecular formula is C22H21ClN2O4S2. The molecule has 0 aromatic heterocycles. The van der Waals surface area contributed by atoms with E-state index in [0.717, 1.165) is 15.7 Å². The van der Waals surface area contributed by atoms with Crippen LogP contribution in [0, 0.1) is 0 Å². The predicted octanol–water partition coefficient (Wildman–Crippen LogP) is 4.24. The number of thioether (sulfide) groups is 1. The van der Waals surface area contributed by atoms with Crippen molar-refractivity contribution in [3.8, 4) is 0 Å². The molecule has 1 aliphatic rings. The molecular weight excluding hydrogens is 456 g/mol. The lowest BCUT2D eigenvalue weighted by molar-refractivity contribution is -0.113. The summed E-state index contributed by atoms with van der Waals surface area (Å²) in [7, 11) is -3.62. The van der Waals surface area contributed by atoms with E-state index in [2.05, 4.69) is 5.32 Å². The standard InChI is InChI=1S/C22H21ClN2O4S2/c23-19-8-1-4-16-5-2-9-20(22(16)19)30-15-21(26)24-17-6-3-7-18(14-17)31(27,28)25-10-12-29-13-11-25/h1-9,14H,10-13,15H2,(H,24,26). The summed E-state index contributed by atoms with van der Waals surface area (Å²) in [6.45, 7) is 1.41. The van der Waals surface area contributed by atoms with Crippen LogP contribution in [0.25, 0.3) is 10.8 Å². The Labute approximate surface area is 190 Å². The summed E-state index contributed by atoms with van der Waals surface area (Å²) in [5.74, 6) is -0.0555. The largest absolute Gasteiger partial charge is 0.379 e. The number of carbonyl (C=O) groups is 1. The maximum absolute atomic E-state index is 12.8. The van der Waals surface area contributed by atoms with Crippen LogP contribution >= 0.6 is 23.4 Å². The summed E-state index contributed by atoms with van der Waals surface area (Å²) in [4.78, 5) is 13.6. The number of carbonyl (C=O) groups excluding carboxylic acids is 1. The van der Waals surface area contributed by atoms with Gasteiger partial charge in [0.25, 0.3) is 0 Å². The van der Waals surface area contributed by atoms with Gasteiger partial charge in [-0.25, -0.2) is 8.42 Å². The maximum Gasteiger partial charge on any atom is 0.243 e. The molecule has 0 unspecified atom stereocenters. The molecule has 3 aromatic rings. The number of anilines is 1. The molecule has 9 heteroatoms. The van der Waals surface area contributed by atoms with Gasteiger partial charge in [-0.3, -0.25) is 4.79 Å². The van der Waals surface area contributed by atoms with Gasteiger partial charge in [0.15, 0.2) is 0 Å². The summed E-state index contributed by atoms with van der Waals surface area (Å²) in [6.07, 6.45) is 0. The van der Waals surface area contributed by atoms with Gasteiger partial charge in [0.1, 0.15) is 0 Å². The molecule has 1 amide bonds. The molecule has 1 saturated heterocycles. The van der Waals surface area contributed by atoms with Crippen LogP contribution in [0.4, 0.5) is 5.69 Å². The molecule has 1 heterocycles. The molecule has 1 aliphatic heterocycles. The van der Waals surface area contributed by atoms with Crippen molar-refractivity contribution in [2.45, 2.75) is 9.79 Å². The Kier molecular flexibility index (Phi) is 6.83. The number of sulfonamides is 1. The normalized spacial score (nSPS) is 15.1. The Balaban J connectivity index is 1.45. The van der Waals surface area contributed by atoms with Gasteiger partial charge in [0, 0.05) is 34.1 Å². The van der Waals surface area contributed by atoms with Crippen molar-refractivity contribution in [3.05, 3.63) is 65.7 Å². The quantitative estimate of drug-likeness (QED) is 0.538. The third kappa shape index (κ3) is 5.05. The lowest BCUT2D eigenvalue weighted by Crippen LogP contribution is -2.40. The van der Waals surface area contributed by atoms with Gasteiger partial charge in [-0.1, -0.05) is 41.9 Å². The molecule has 31 heavy (non-hydrogen) atoms. The zero-order valence-electron chi connectivity index (χ0n) is 16.6. The average Bonchev–Trinajstić information content (AvgIpc) is 2.78. The lowest BCUT2D eigenvalue weighted by Gasteiger charge is -2.26. The highest BCUT2D eigenvalue weighted by Gasteiger charge is 2.26. The van der Waals surface area contributed by atoms with Crippen LogP contribution < -0.4 is 5.32 Å². The predicted molar refractivity (Wildman–Crippen MR) is 124 cm³/mol. The van der Waals surface area contributed by atoms with E-state index in [1.165, 1.54) is 28.2 Å². The molecule has 1 fully saturated rings. The van der Waals surface area contributed by atoms with Crippen molar-refractivity contribution >= 4 is 55.8 Å². The number of ether oxygens (including phenoxy) is 1. The van der Waals surface area contributed by atoms with Gasteiger partial charge in [0.2, 0.25) is 15.9 Å². The number of halogens is 1. The van der Waals surface area contributed by atoms with E-state index < -0.39 is 10.0 Å². The molecule has 3 aromatic carbocycles. The van der Waals surface area contributed by atoms with Crippen LogP contribution in [0.1, 0.15) is 0 Å². The van der Waals surface area contributed by atoms with E-state index in [1.54, 1.807) is 12.1 Å². The average molecular weight is 477 g/mol. The number of nitrogens with one attached hydrogen (secondary N) is 1. The van der Waals surface area contributed by atoms with Gasteiger partial charge in [0.05, 0.1) is 23.9 Å². The number of rotatable bonds is 6. The fraction of sp³-hybridized carbons (Fsp3) is 0.227. The second-order valence-corrected chi connectivity index (χ2v) is 10.3. The molecule has 0 atom stereocenters. The van der Waals surface area contributed by atoms with E-state index in [4.69, 9.17) is 16.3 Å². The number of benzene rings is 3. The van der Waals surface area contributed by atoms with Gasteiger partial charge >= 0.3 is 0 Å². The first kappa shape index (κ1) is 22.1. The second kappa shape index (κ2) is 9.58. The first-order chi connectivity index (χ1) is 14.9. The lowest BCUT2D eigenvalue weighted by atomic mass is 10.1. The molecule has 0 saturated carbocycles. The van der Waals surface area contributed by atoms with E-state index >= 15 is 0 Å². The van der Waals surface area contributed by atoms with Gasteiger partial charge in [-0.15, -0.1) is 11.8 Å². The van der Waals surface area contributed by atoms with Crippen molar-refractivity contribution in [1.82, 2.24) is 4.31 Å². The number of hydrogen-bond acceptors (Lipinski definition) is 5. The highest BCUT2D eigenvalue weighted by molar-refractivity contribution is 8.00. The Morgan fingerprint density at radius 1 is 1.06 bits per heavy atom. The molecule has 1 N–H and O–H groups in total. The Morgan fingerprint density at radius 2 is 1.77 bits per heavy atom. The van der Waals surface area contributed by atoms with Crippen LogP contribution in [0.5, 0.6) is 0 Å². The third-order valence-electron chi connectivity index (χ3n) is 4.90. The van der Waals surface area contributed by atoms with Crippen molar-refractivity contribution in [1.29, 1.82) is 0 Å². The minimum Gasteiger partial charge on any atom is -0.379 e. The van der Waals surface area contributed by atoms with Crippen LogP contribution in [-0.2, 0) is 19.6 Å². The summed E-state index contributed by atoms with van der Waals surface area (Å²) < 4.78 is 32.3. The number of amides is 1. The van der Waals surface area contributed by atoms with Crippen LogP contribution in [0.15, 0.2) is 70.5 Å². The third-order valence-corrected chi connectivity index (χ3v) is 8.17. The number of nitrogens with zero attached hydrogens (tertiary/aromatic N) is 1. The SMILES string of the molecule is O=C(CSc1cccc2cccc(Cl)c12)Nc1cccc(S(=O)(=O)N2CCOCC2)c1. The molecule has 162 valence electrons. The van der Waals surface area contributed by atoms with E-state index in [1.807, 2.05) is 36.4 Å². The zero-order chi connectivity index (χ0) is 21.8. The van der Waals surface area contributed by atoms with Crippen LogP contribution in [0.3, 0.4) is 0 Å². The number of hydrogen-bond donors (Lipinski definition) is 1. The molecule has 4 rings (SSSR count). The summed E-state index contributed by atoms with van der Waals surface area (Å²) in [5, 5.41) is 5.36. The monoisotopic (exact) mass is 476 g/mol. The topological polar surface area (TPSA) is 75.7 Å². The first-order valence-corrected chi connectivity index (χ1v) is 12.5. The summed E-state index contributed by atoms with van der Waals surface area (Å²) >= 11 is 7.74. The molecule has 0 bridgehead atoms. The Hall–Kier alpha value is -2.10. The van der Waals surface area contributed by atoms with Crippen molar-refractivity contribution < 1.29 is 17.9 Å². The van der Waals surface area contributed by atoms with Crippen molar-refractivity contribution in [3.63, 3.8) is 0 Å². The Bertz CT molecular complexity index is 1210. The zero-order valence-corrected chi connectivity index (χ0v) is 19.0. The van der Waals surface area contributed by atoms with Gasteiger partial charge < -0.3 is 10.1 Å². The molecule has 0 spiro atoms. The number of fused-ring (bicyclic) bond motifs is 1. The van der Waals surface area contributed by atoms with Crippen LogP contribution in [-0.4, -0.2) is 50.7 Å². The van der Waals surface area contributed by atoms with E-state index in [-0.39, 0.29) is 16.6 Å². The molecule has 0 aliphatic carbocycles. The summed E-state index contributed by atoms with van der Waals surface area (Å²) in [5.41, 5.74) is 0.441. The second-order valence-electron chi connectivity index (χ2n) is 6.98. The van der Waals surface area contributed by atoms with Crippen molar-refractivity contribution in [2.75, 3.05) is 37.4 Å². The van der Waals surface area contributed by atoms with Gasteiger partial charge in [-0.2, -0.15) is 4.31 Å². The fourth-order valence-electron chi connectivity index (χ4n) is 3.39. The highest BCUT2D eigenvalue weighted by atomic mass is 35.5. The smallest absolute Gasteiger partial charge is 0.243 e. The fourth-order valence-corrected chi connectivity index (χ4v) is 6.09. The highest BCUT2D eigenvalue weighted by Crippen LogP contribution is 2.33. The number of morpholine rings is 1. The molecule has 6 nitrogen and oxygen atoms in total.